The van der Waals surface area contributed by atoms with Crippen molar-refractivity contribution < 1.29 is 18.3 Å². The van der Waals surface area contributed by atoms with Gasteiger partial charge >= 0.3 is 6.18 Å². The highest BCUT2D eigenvalue weighted by atomic mass is 19.4. The first-order chi connectivity index (χ1) is 16.9. The van der Waals surface area contributed by atoms with Crippen LogP contribution in [0.2, 0.25) is 0 Å². The zero-order chi connectivity index (χ0) is 24.6. The topological polar surface area (TPSA) is 143 Å². The monoisotopic (exact) mass is 478 g/mol. The Morgan fingerprint density at radius 2 is 1.77 bits per heavy atom. The molecular formula is C21H13F3N10O. The minimum Gasteiger partial charge on any atom is -0.369 e. The van der Waals surface area contributed by atoms with Crippen LogP contribution in [0.5, 0.6) is 0 Å². The molecule has 0 aliphatic heterocycles. The molecule has 35 heavy (non-hydrogen) atoms. The van der Waals surface area contributed by atoms with Crippen molar-refractivity contribution in [1.29, 1.82) is 5.26 Å². The summed E-state index contributed by atoms with van der Waals surface area (Å²) < 4.78 is 43.0. The van der Waals surface area contributed by atoms with E-state index in [0.29, 0.717) is 15.6 Å². The summed E-state index contributed by atoms with van der Waals surface area (Å²) in [5.41, 5.74) is -1.19. The van der Waals surface area contributed by atoms with Gasteiger partial charge in [-0.2, -0.15) is 33.7 Å². The minimum absolute atomic E-state index is 0.0394. The van der Waals surface area contributed by atoms with Crippen LogP contribution in [-0.4, -0.2) is 44.8 Å². The number of nitrogens with zero attached hydrogens (tertiary/aromatic N) is 9. The van der Waals surface area contributed by atoms with Gasteiger partial charge in [-0.05, 0) is 24.3 Å². The molecule has 14 heteroatoms. The molecular weight excluding hydrogens is 465 g/mol. The number of nitrogens with one attached hydrogen (secondary N) is 1. The van der Waals surface area contributed by atoms with E-state index in [1.807, 2.05) is 6.07 Å². The molecule has 0 amide bonds. The van der Waals surface area contributed by atoms with Crippen molar-refractivity contribution in [2.45, 2.75) is 12.4 Å². The van der Waals surface area contributed by atoms with E-state index in [4.69, 9.17) is 0 Å². The van der Waals surface area contributed by atoms with Crippen LogP contribution in [0.4, 0.5) is 18.9 Å². The van der Waals surface area contributed by atoms with Crippen molar-refractivity contribution in [2.75, 3.05) is 5.32 Å². The Kier molecular flexibility index (Phi) is 5.30. The van der Waals surface area contributed by atoms with Crippen LogP contribution in [0.15, 0.2) is 61.4 Å². The number of anilines is 1. The molecule has 0 spiro atoms. The number of nitriles is 1. The van der Waals surface area contributed by atoms with Crippen molar-refractivity contribution in [3.05, 3.63) is 78.3 Å². The predicted molar refractivity (Wildman–Crippen MR) is 114 cm³/mol. The van der Waals surface area contributed by atoms with Gasteiger partial charge in [0.2, 0.25) is 0 Å². The fraction of sp³-hybridized carbons (Fsp3) is 0.0952. The first-order valence-electron chi connectivity index (χ1n) is 9.93. The quantitative estimate of drug-likeness (QED) is 0.365. The van der Waals surface area contributed by atoms with Gasteiger partial charge in [-0.1, -0.05) is 0 Å². The van der Waals surface area contributed by atoms with E-state index in [2.05, 4.69) is 35.6 Å². The van der Waals surface area contributed by atoms with E-state index >= 15 is 0 Å². The summed E-state index contributed by atoms with van der Waals surface area (Å²) in [6.45, 7) is 0. The SMILES string of the molecule is N#Cc1cc(NC(O)c2cnn(-c3nccc4ncccc34)c2C(F)(F)F)cnc1-n1nccn1. The van der Waals surface area contributed by atoms with Gasteiger partial charge in [0, 0.05) is 17.8 Å². The van der Waals surface area contributed by atoms with Gasteiger partial charge in [0.15, 0.2) is 23.6 Å². The summed E-state index contributed by atoms with van der Waals surface area (Å²) >= 11 is 0. The van der Waals surface area contributed by atoms with Crippen molar-refractivity contribution in [3.63, 3.8) is 0 Å². The highest BCUT2D eigenvalue weighted by Gasteiger charge is 2.41. The first-order valence-corrected chi connectivity index (χ1v) is 9.93. The van der Waals surface area contributed by atoms with Crippen LogP contribution < -0.4 is 5.32 Å². The van der Waals surface area contributed by atoms with E-state index in [1.165, 1.54) is 37.1 Å². The Hall–Kier alpha value is -4.90. The Morgan fingerprint density at radius 3 is 2.51 bits per heavy atom. The lowest BCUT2D eigenvalue weighted by Crippen LogP contribution is -2.20. The largest absolute Gasteiger partial charge is 0.433 e. The van der Waals surface area contributed by atoms with Gasteiger partial charge in [0.1, 0.15) is 11.6 Å². The lowest BCUT2D eigenvalue weighted by molar-refractivity contribution is -0.144. The van der Waals surface area contributed by atoms with Crippen LogP contribution in [0.25, 0.3) is 22.5 Å². The highest BCUT2D eigenvalue weighted by molar-refractivity contribution is 5.84. The molecule has 1 atom stereocenters. The maximum absolute atomic E-state index is 14.1. The lowest BCUT2D eigenvalue weighted by Gasteiger charge is -2.18. The third-order valence-corrected chi connectivity index (χ3v) is 4.97. The number of hydrogen-bond acceptors (Lipinski definition) is 9. The number of aliphatic hydroxyl groups excluding tert-OH is 1. The average Bonchev–Trinajstić information content (AvgIpc) is 3.54. The van der Waals surface area contributed by atoms with E-state index in [9.17, 15) is 23.5 Å². The molecule has 5 rings (SSSR count). The molecule has 5 aromatic heterocycles. The van der Waals surface area contributed by atoms with E-state index < -0.39 is 23.7 Å². The number of alkyl halides is 3. The molecule has 0 aliphatic rings. The molecule has 5 aromatic rings. The first kappa shape index (κ1) is 21.9. The van der Waals surface area contributed by atoms with Crippen molar-refractivity contribution in [1.82, 2.24) is 39.7 Å². The fourth-order valence-electron chi connectivity index (χ4n) is 3.50. The molecule has 0 radical (unpaired) electrons. The van der Waals surface area contributed by atoms with E-state index in [1.54, 1.807) is 18.2 Å². The highest BCUT2D eigenvalue weighted by Crippen LogP contribution is 2.37. The number of halogens is 3. The molecule has 11 nitrogen and oxygen atoms in total. The van der Waals surface area contributed by atoms with Crippen LogP contribution in [-0.2, 0) is 6.18 Å². The standard InChI is InChI=1S/C21H13F3N10O/c22-21(23,24)17-15(11-31-33(17)19-14-2-1-4-26-16(14)3-5-27-19)20(35)32-13-8-12(9-25)18(28-10-13)34-29-6-7-30-34/h1-8,10-11,20,32,35H. The van der Waals surface area contributed by atoms with Gasteiger partial charge in [-0.15, -0.1) is 4.80 Å². The van der Waals surface area contributed by atoms with Gasteiger partial charge in [0.25, 0.3) is 0 Å². The average molecular weight is 478 g/mol. The number of fused-ring (bicyclic) bond motifs is 1. The molecule has 0 bridgehead atoms. The molecule has 0 aliphatic carbocycles. The second kappa shape index (κ2) is 8.47. The summed E-state index contributed by atoms with van der Waals surface area (Å²) in [7, 11) is 0. The summed E-state index contributed by atoms with van der Waals surface area (Å²) in [6, 6.07) is 7.94. The third-order valence-electron chi connectivity index (χ3n) is 4.97. The third kappa shape index (κ3) is 4.00. The summed E-state index contributed by atoms with van der Waals surface area (Å²) in [6.07, 6.45) is 1.05. The lowest BCUT2D eigenvalue weighted by atomic mass is 10.2. The Bertz CT molecular complexity index is 1550. The van der Waals surface area contributed by atoms with Gasteiger partial charge in [0.05, 0.1) is 41.6 Å². The molecule has 0 aromatic carbocycles. The number of pyridine rings is 3. The second-order valence-corrected chi connectivity index (χ2v) is 7.14. The van der Waals surface area contributed by atoms with Crippen LogP contribution in [0.3, 0.4) is 0 Å². The zero-order valence-corrected chi connectivity index (χ0v) is 17.5. The van der Waals surface area contributed by atoms with Gasteiger partial charge < -0.3 is 10.4 Å². The smallest absolute Gasteiger partial charge is 0.369 e. The van der Waals surface area contributed by atoms with Crippen molar-refractivity contribution in [2.24, 2.45) is 0 Å². The molecule has 5 heterocycles. The van der Waals surface area contributed by atoms with Crippen LogP contribution in [0, 0.1) is 11.3 Å². The molecule has 0 saturated carbocycles. The van der Waals surface area contributed by atoms with Crippen LogP contribution >= 0.6 is 0 Å². The Morgan fingerprint density at radius 1 is 0.971 bits per heavy atom. The Labute approximate surface area is 194 Å². The molecule has 2 N–H and O–H groups in total. The van der Waals surface area contributed by atoms with E-state index in [-0.39, 0.29) is 22.9 Å². The van der Waals surface area contributed by atoms with E-state index in [0.717, 1.165) is 11.0 Å². The predicted octanol–water partition coefficient (Wildman–Crippen LogP) is 2.78. The minimum atomic E-state index is -4.88. The van der Waals surface area contributed by atoms with Gasteiger partial charge in [-0.3, -0.25) is 4.98 Å². The molecule has 174 valence electrons. The van der Waals surface area contributed by atoms with Gasteiger partial charge in [-0.25, -0.2) is 14.6 Å². The molecule has 0 fully saturated rings. The normalized spacial score (nSPS) is 12.4. The second-order valence-electron chi connectivity index (χ2n) is 7.14. The maximum Gasteiger partial charge on any atom is 0.433 e. The number of aromatic nitrogens is 8. The summed E-state index contributed by atoms with van der Waals surface area (Å²) in [5.74, 6) is 0.0304. The number of hydrogen-bond donors (Lipinski definition) is 2. The molecule has 1 unspecified atom stereocenters. The zero-order valence-electron chi connectivity index (χ0n) is 17.5. The maximum atomic E-state index is 14.1. The molecule has 0 saturated heterocycles. The summed E-state index contributed by atoms with van der Waals surface area (Å²) in [4.78, 5) is 13.4. The van der Waals surface area contributed by atoms with Crippen molar-refractivity contribution >= 4 is 16.6 Å². The van der Waals surface area contributed by atoms with Crippen LogP contribution in [0.1, 0.15) is 23.0 Å². The fourth-order valence-corrected chi connectivity index (χ4v) is 3.50. The number of rotatable bonds is 5. The Balaban J connectivity index is 1.53. The van der Waals surface area contributed by atoms with Crippen molar-refractivity contribution in [3.8, 4) is 17.7 Å². The summed E-state index contributed by atoms with van der Waals surface area (Å²) in [5, 5.41) is 34.7. The number of aliphatic hydroxyl groups is 1.